The Hall–Kier alpha value is -1.75. The van der Waals surface area contributed by atoms with Gasteiger partial charge in [0.1, 0.15) is 5.71 Å². The highest BCUT2D eigenvalue weighted by atomic mass is 16.1. The lowest BCUT2D eigenvalue weighted by atomic mass is 10.1. The summed E-state index contributed by atoms with van der Waals surface area (Å²) in [6.45, 7) is 13.0. The average Bonchev–Trinajstić information content (AvgIpc) is 2.45. The zero-order valence-electron chi connectivity index (χ0n) is 13.5. The average molecular weight is 290 g/mol. The van der Waals surface area contributed by atoms with Gasteiger partial charge in [-0.2, -0.15) is 0 Å². The van der Waals surface area contributed by atoms with Gasteiger partial charge in [0, 0.05) is 12.2 Å². The second kappa shape index (κ2) is 8.52. The highest BCUT2D eigenvalue weighted by molar-refractivity contribution is 6.38. The van der Waals surface area contributed by atoms with E-state index in [0.29, 0.717) is 5.71 Å². The van der Waals surface area contributed by atoms with Gasteiger partial charge < -0.3 is 10.6 Å². The minimum atomic E-state index is -0.105. The Balaban J connectivity index is 2.80. The van der Waals surface area contributed by atoms with E-state index in [1.54, 1.807) is 6.92 Å². The van der Waals surface area contributed by atoms with Crippen LogP contribution < -0.4 is 10.6 Å². The fraction of sp³-hybridized carbons (Fsp3) is 0.562. The second-order valence-corrected chi connectivity index (χ2v) is 5.44. The number of hydrogen-bond donors (Lipinski definition) is 2. The molecular weight excluding hydrogens is 264 g/mol. The number of hydrogen-bond acceptors (Lipinski definition) is 4. The van der Waals surface area contributed by atoms with Crippen LogP contribution in [-0.2, 0) is 4.79 Å². The molecule has 0 aromatic carbocycles. The molecule has 0 aromatic heterocycles. The first-order chi connectivity index (χ1) is 9.95. The van der Waals surface area contributed by atoms with Crippen molar-refractivity contribution in [3.05, 3.63) is 24.0 Å². The molecule has 1 aliphatic heterocycles. The van der Waals surface area contributed by atoms with Crippen molar-refractivity contribution in [2.24, 2.45) is 9.98 Å². The predicted octanol–water partition coefficient (Wildman–Crippen LogP) is 2.21. The van der Waals surface area contributed by atoms with Gasteiger partial charge in [-0.05, 0) is 59.2 Å². The molecular formula is C16H26N4O. The Bertz CT molecular complexity index is 479. The molecule has 1 saturated heterocycles. The van der Waals surface area contributed by atoms with E-state index >= 15 is 0 Å². The number of rotatable bonds is 5. The minimum absolute atomic E-state index is 0.105. The molecule has 21 heavy (non-hydrogen) atoms. The number of aliphatic imine (C=N–C) groups is 2. The number of allylic oxidation sites excluding steroid dienone is 2. The maximum atomic E-state index is 12.2. The normalized spacial score (nSPS) is 17.3. The van der Waals surface area contributed by atoms with E-state index in [0.717, 1.165) is 42.9 Å². The Labute approximate surface area is 127 Å². The van der Waals surface area contributed by atoms with Crippen molar-refractivity contribution >= 4 is 17.3 Å². The number of nitrogens with one attached hydrogen (secondary N) is 2. The van der Waals surface area contributed by atoms with Crippen molar-refractivity contribution in [3.63, 3.8) is 0 Å². The third-order valence-corrected chi connectivity index (χ3v) is 3.38. The van der Waals surface area contributed by atoms with Crippen LogP contribution in [0.2, 0.25) is 0 Å². The summed E-state index contributed by atoms with van der Waals surface area (Å²) in [6.07, 6.45) is 3.41. The van der Waals surface area contributed by atoms with Gasteiger partial charge in [0.2, 0.25) is 0 Å². The van der Waals surface area contributed by atoms with Crippen molar-refractivity contribution in [2.45, 2.75) is 46.6 Å². The molecule has 116 valence electrons. The zero-order chi connectivity index (χ0) is 15.8. The van der Waals surface area contributed by atoms with E-state index in [4.69, 9.17) is 0 Å². The molecule has 2 N–H and O–H groups in total. The molecule has 5 heteroatoms. The number of carbonyl (C=O) groups is 1. The number of amides is 1. The first-order valence-corrected chi connectivity index (χ1v) is 7.35. The maximum Gasteiger partial charge on any atom is 0.265 e. The summed E-state index contributed by atoms with van der Waals surface area (Å²) in [5, 5.41) is 6.32. The highest BCUT2D eigenvalue weighted by Crippen LogP contribution is 2.09. The Kier molecular flexibility index (Phi) is 7.02. The molecule has 1 heterocycles. The van der Waals surface area contributed by atoms with Crippen molar-refractivity contribution in [1.29, 1.82) is 0 Å². The Morgan fingerprint density at radius 3 is 2.33 bits per heavy atom. The van der Waals surface area contributed by atoms with Crippen LogP contribution in [0.25, 0.3) is 0 Å². The van der Waals surface area contributed by atoms with E-state index < -0.39 is 0 Å². The highest BCUT2D eigenvalue weighted by Gasteiger charge is 2.17. The molecule has 0 unspecified atom stereocenters. The number of nitrogens with zero attached hydrogens (tertiary/aromatic N) is 2. The van der Waals surface area contributed by atoms with Gasteiger partial charge >= 0.3 is 0 Å². The van der Waals surface area contributed by atoms with Crippen LogP contribution in [0.5, 0.6) is 0 Å². The van der Waals surface area contributed by atoms with Gasteiger partial charge in [0.25, 0.3) is 5.91 Å². The van der Waals surface area contributed by atoms with Crippen LogP contribution in [0.4, 0.5) is 0 Å². The molecule has 0 atom stereocenters. The minimum Gasteiger partial charge on any atom is -0.348 e. The summed E-state index contributed by atoms with van der Waals surface area (Å²) in [5.74, 6) is -0.105. The quantitative estimate of drug-likeness (QED) is 0.762. The van der Waals surface area contributed by atoms with Crippen LogP contribution in [0.3, 0.4) is 0 Å². The standard InChI is InChI=1S/C16H26N4O/c1-6-18-12(4)15(11(2)3)19-13(5)16(21)20-14-7-9-17-10-8-14/h6,14,17H,1,7-10H2,2-5H3,(H,20,21)/b18-12-,19-13+. The third-order valence-electron chi connectivity index (χ3n) is 3.38. The summed E-state index contributed by atoms with van der Waals surface area (Å²) >= 11 is 0. The first kappa shape index (κ1) is 17.3. The predicted molar refractivity (Wildman–Crippen MR) is 88.8 cm³/mol. The Morgan fingerprint density at radius 1 is 1.19 bits per heavy atom. The molecule has 0 aromatic rings. The fourth-order valence-corrected chi connectivity index (χ4v) is 2.23. The summed E-state index contributed by atoms with van der Waals surface area (Å²) in [5.41, 5.74) is 2.99. The maximum absolute atomic E-state index is 12.2. The summed E-state index contributed by atoms with van der Waals surface area (Å²) in [4.78, 5) is 20.8. The first-order valence-electron chi connectivity index (χ1n) is 7.35. The Morgan fingerprint density at radius 2 is 1.81 bits per heavy atom. The summed E-state index contributed by atoms with van der Waals surface area (Å²) < 4.78 is 0. The van der Waals surface area contributed by atoms with Gasteiger partial charge in [-0.15, -0.1) is 0 Å². The molecule has 0 spiro atoms. The van der Waals surface area contributed by atoms with Crippen LogP contribution in [0.15, 0.2) is 34.0 Å². The second-order valence-electron chi connectivity index (χ2n) is 5.44. The van der Waals surface area contributed by atoms with Crippen LogP contribution in [0, 0.1) is 0 Å². The topological polar surface area (TPSA) is 65.8 Å². The molecule has 1 aliphatic rings. The van der Waals surface area contributed by atoms with Gasteiger partial charge in [-0.25, -0.2) is 4.99 Å². The SMILES string of the molecule is C=C/N=C(/C)C(/N=C(\C)C(=O)NC1CCNCC1)=C(C)C. The molecule has 0 aliphatic carbocycles. The number of piperidine rings is 1. The van der Waals surface area contributed by atoms with Gasteiger partial charge in [0.15, 0.2) is 0 Å². The summed E-state index contributed by atoms with van der Waals surface area (Å²) in [7, 11) is 0. The molecule has 0 bridgehead atoms. The molecule has 1 fully saturated rings. The smallest absolute Gasteiger partial charge is 0.265 e. The molecule has 5 nitrogen and oxygen atoms in total. The van der Waals surface area contributed by atoms with Gasteiger partial charge in [-0.1, -0.05) is 6.58 Å². The van der Waals surface area contributed by atoms with Crippen LogP contribution in [0.1, 0.15) is 40.5 Å². The molecule has 1 rings (SSSR count). The number of carbonyl (C=O) groups excluding carboxylic acids is 1. The van der Waals surface area contributed by atoms with Crippen molar-refractivity contribution in [3.8, 4) is 0 Å². The van der Waals surface area contributed by atoms with E-state index in [9.17, 15) is 4.79 Å². The lowest BCUT2D eigenvalue weighted by Crippen LogP contribution is -2.44. The zero-order valence-corrected chi connectivity index (χ0v) is 13.5. The van der Waals surface area contributed by atoms with E-state index in [1.165, 1.54) is 6.20 Å². The largest absolute Gasteiger partial charge is 0.348 e. The lowest BCUT2D eigenvalue weighted by molar-refractivity contribution is -0.115. The third kappa shape index (κ3) is 5.63. The van der Waals surface area contributed by atoms with Crippen molar-refractivity contribution in [2.75, 3.05) is 13.1 Å². The summed E-state index contributed by atoms with van der Waals surface area (Å²) in [6, 6.07) is 0.238. The van der Waals surface area contributed by atoms with Crippen LogP contribution >= 0.6 is 0 Å². The van der Waals surface area contributed by atoms with Gasteiger partial charge in [0.05, 0.1) is 11.4 Å². The molecule has 0 saturated carbocycles. The van der Waals surface area contributed by atoms with E-state index in [-0.39, 0.29) is 11.9 Å². The van der Waals surface area contributed by atoms with E-state index in [1.807, 2.05) is 20.8 Å². The van der Waals surface area contributed by atoms with Crippen LogP contribution in [-0.4, -0.2) is 36.5 Å². The van der Waals surface area contributed by atoms with Crippen molar-refractivity contribution < 1.29 is 4.79 Å². The van der Waals surface area contributed by atoms with Crippen molar-refractivity contribution in [1.82, 2.24) is 10.6 Å². The van der Waals surface area contributed by atoms with Gasteiger partial charge in [-0.3, -0.25) is 9.79 Å². The monoisotopic (exact) mass is 290 g/mol. The fourth-order valence-electron chi connectivity index (χ4n) is 2.23. The molecule has 1 amide bonds. The lowest BCUT2D eigenvalue weighted by Gasteiger charge is -2.23. The van der Waals surface area contributed by atoms with E-state index in [2.05, 4.69) is 27.2 Å². The molecule has 0 radical (unpaired) electrons.